The Kier molecular flexibility index (Phi) is 10.5. The van der Waals surface area contributed by atoms with E-state index < -0.39 is 0 Å². The van der Waals surface area contributed by atoms with Crippen LogP contribution in [0.3, 0.4) is 0 Å². The van der Waals surface area contributed by atoms with E-state index >= 15 is 0 Å². The third-order valence-electron chi connectivity index (χ3n) is 13.8. The summed E-state index contributed by atoms with van der Waals surface area (Å²) in [4.78, 5) is 4.72. The van der Waals surface area contributed by atoms with Crippen molar-refractivity contribution >= 4 is 77.6 Å². The minimum atomic E-state index is 0.845. The molecule has 0 atom stereocenters. The largest absolute Gasteiger partial charge is 0.453 e. The molecule has 0 radical (unpaired) electrons. The van der Waals surface area contributed by atoms with Crippen LogP contribution >= 0.6 is 0 Å². The van der Waals surface area contributed by atoms with Crippen molar-refractivity contribution < 1.29 is 4.42 Å². The highest BCUT2D eigenvalue weighted by Crippen LogP contribution is 2.46. The molecule has 0 aliphatic heterocycles. The second kappa shape index (κ2) is 17.9. The van der Waals surface area contributed by atoms with Gasteiger partial charge < -0.3 is 14.2 Å². The second-order valence-corrected chi connectivity index (χ2v) is 18.1. The van der Waals surface area contributed by atoms with Gasteiger partial charge in [0.1, 0.15) is 5.58 Å². The van der Waals surface area contributed by atoms with Crippen LogP contribution in [0.1, 0.15) is 0 Å². The van der Waals surface area contributed by atoms with Crippen LogP contribution in [0.15, 0.2) is 283 Å². The first-order valence-corrected chi connectivity index (χ1v) is 24.2. The van der Waals surface area contributed by atoms with E-state index in [9.17, 15) is 0 Å². The van der Waals surface area contributed by atoms with E-state index in [0.29, 0.717) is 0 Å². The number of furan rings is 1. The van der Waals surface area contributed by atoms with Gasteiger partial charge in [-0.3, -0.25) is 0 Å². The molecule has 71 heavy (non-hydrogen) atoms. The molecule has 0 amide bonds. The van der Waals surface area contributed by atoms with Gasteiger partial charge in [0.2, 0.25) is 0 Å². The first-order chi connectivity index (χ1) is 35.2. The zero-order valence-corrected chi connectivity index (χ0v) is 38.9. The molecule has 1 aromatic heterocycles. The SMILES string of the molecule is c1ccc(-c2ccc(N(c3cccc(-c4cccc(N(c5ccc(-c6ccccc6)cc5)c5cccc6c5oc5c7ccccc7ccc65)c4)c3)c3cccc(-c4cccc5ccccc45)c3)cc2)cc1. The average Bonchev–Trinajstić information content (AvgIpc) is 3.85. The van der Waals surface area contributed by atoms with Gasteiger partial charge in [-0.1, -0.05) is 206 Å². The van der Waals surface area contributed by atoms with Crippen LogP contribution in [0.25, 0.3) is 88.0 Å². The lowest BCUT2D eigenvalue weighted by molar-refractivity contribution is 0.673. The molecule has 0 saturated heterocycles. The number of fused-ring (bicyclic) bond motifs is 6. The van der Waals surface area contributed by atoms with Crippen LogP contribution in [0.4, 0.5) is 34.1 Å². The van der Waals surface area contributed by atoms with Gasteiger partial charge in [-0.05, 0) is 133 Å². The van der Waals surface area contributed by atoms with Gasteiger partial charge in [0.25, 0.3) is 0 Å². The number of anilines is 6. The van der Waals surface area contributed by atoms with E-state index in [1.807, 2.05) is 0 Å². The summed E-state index contributed by atoms with van der Waals surface area (Å²) in [5.41, 5.74) is 17.3. The van der Waals surface area contributed by atoms with Gasteiger partial charge in [-0.15, -0.1) is 0 Å². The minimum Gasteiger partial charge on any atom is -0.453 e. The zero-order valence-electron chi connectivity index (χ0n) is 38.9. The van der Waals surface area contributed by atoms with Crippen LogP contribution in [0, 0.1) is 0 Å². The highest BCUT2D eigenvalue weighted by atomic mass is 16.3. The van der Waals surface area contributed by atoms with Gasteiger partial charge >= 0.3 is 0 Å². The van der Waals surface area contributed by atoms with E-state index in [4.69, 9.17) is 4.42 Å². The zero-order chi connectivity index (χ0) is 47.1. The summed E-state index contributed by atoms with van der Waals surface area (Å²) in [6.07, 6.45) is 0. The molecule has 0 saturated carbocycles. The normalized spacial score (nSPS) is 11.4. The fourth-order valence-electron chi connectivity index (χ4n) is 10.4. The van der Waals surface area contributed by atoms with Gasteiger partial charge in [0.15, 0.2) is 5.58 Å². The maximum absolute atomic E-state index is 7.00. The lowest BCUT2D eigenvalue weighted by Crippen LogP contribution is -2.11. The summed E-state index contributed by atoms with van der Waals surface area (Å²) < 4.78 is 7.00. The van der Waals surface area contributed by atoms with Crippen molar-refractivity contribution in [3.8, 4) is 44.5 Å². The Morgan fingerprint density at radius 1 is 0.225 bits per heavy atom. The fraction of sp³-hybridized carbons (Fsp3) is 0. The predicted octanol–water partition coefficient (Wildman–Crippen LogP) is 19.5. The average molecular weight is 907 g/mol. The van der Waals surface area contributed by atoms with Gasteiger partial charge in [-0.25, -0.2) is 0 Å². The first-order valence-electron chi connectivity index (χ1n) is 24.2. The minimum absolute atomic E-state index is 0.845. The molecule has 13 rings (SSSR count). The maximum Gasteiger partial charge on any atom is 0.159 e. The Hall–Kier alpha value is -9.44. The second-order valence-electron chi connectivity index (χ2n) is 18.1. The Balaban J connectivity index is 0.942. The van der Waals surface area contributed by atoms with Crippen molar-refractivity contribution in [3.05, 3.63) is 279 Å². The third-order valence-corrected chi connectivity index (χ3v) is 13.8. The standard InChI is InChI=1S/C68H46N2O/c1-3-16-47(17-4-1)49-34-39-56(40-35-49)69(59-27-13-25-55(46-59)62-31-14-22-51-20-7-9-29-61(51)62)58-26-11-23-53(44-58)54-24-12-28-60(45-54)70(57-41-36-50(37-42-57)48-18-5-2-6-19-48)66-33-15-32-64-65-43-38-52-21-8-10-30-63(52)67(65)71-68(64)66/h1-46H. The maximum atomic E-state index is 7.00. The Bertz CT molecular complexity index is 4040. The van der Waals surface area contributed by atoms with Crippen molar-refractivity contribution in [2.75, 3.05) is 9.80 Å². The summed E-state index contributed by atoms with van der Waals surface area (Å²) in [7, 11) is 0. The van der Waals surface area contributed by atoms with Gasteiger partial charge in [0.05, 0.1) is 5.69 Å². The Morgan fingerprint density at radius 2 is 0.648 bits per heavy atom. The fourth-order valence-corrected chi connectivity index (χ4v) is 10.4. The summed E-state index contributed by atoms with van der Waals surface area (Å²) >= 11 is 0. The molecule has 0 bridgehead atoms. The third kappa shape index (κ3) is 7.76. The molecule has 0 spiro atoms. The van der Waals surface area contributed by atoms with E-state index in [1.54, 1.807) is 0 Å². The van der Waals surface area contributed by atoms with Crippen LogP contribution in [-0.2, 0) is 0 Å². The molecular formula is C68H46N2O. The molecule has 0 fully saturated rings. The summed E-state index contributed by atoms with van der Waals surface area (Å²) in [5.74, 6) is 0. The van der Waals surface area contributed by atoms with E-state index in [0.717, 1.165) is 83.5 Å². The number of para-hydroxylation sites is 1. The van der Waals surface area contributed by atoms with E-state index in [-0.39, 0.29) is 0 Å². The highest BCUT2D eigenvalue weighted by molar-refractivity contribution is 6.17. The van der Waals surface area contributed by atoms with E-state index in [1.165, 1.54) is 38.6 Å². The van der Waals surface area contributed by atoms with Crippen LogP contribution in [-0.4, -0.2) is 0 Å². The number of rotatable bonds is 10. The smallest absolute Gasteiger partial charge is 0.159 e. The molecule has 1 heterocycles. The molecule has 0 unspecified atom stereocenters. The van der Waals surface area contributed by atoms with Gasteiger partial charge in [-0.2, -0.15) is 0 Å². The monoisotopic (exact) mass is 906 g/mol. The molecule has 334 valence electrons. The number of nitrogens with zero attached hydrogens (tertiary/aromatic N) is 2. The first kappa shape index (κ1) is 41.7. The molecule has 0 N–H and O–H groups in total. The molecular weight excluding hydrogens is 861 g/mol. The lowest BCUT2D eigenvalue weighted by Gasteiger charge is -2.27. The summed E-state index contributed by atoms with van der Waals surface area (Å²) in [6.45, 7) is 0. The molecule has 0 aliphatic rings. The van der Waals surface area contributed by atoms with Crippen LogP contribution in [0.5, 0.6) is 0 Å². The van der Waals surface area contributed by atoms with Crippen molar-refractivity contribution in [3.63, 3.8) is 0 Å². The van der Waals surface area contributed by atoms with Crippen LogP contribution < -0.4 is 9.80 Å². The van der Waals surface area contributed by atoms with Crippen LogP contribution in [0.2, 0.25) is 0 Å². The number of benzene rings is 12. The lowest BCUT2D eigenvalue weighted by atomic mass is 9.97. The van der Waals surface area contributed by atoms with Crippen molar-refractivity contribution in [1.82, 2.24) is 0 Å². The molecule has 0 aliphatic carbocycles. The Morgan fingerprint density at radius 3 is 1.28 bits per heavy atom. The number of hydrogen-bond acceptors (Lipinski definition) is 3. The van der Waals surface area contributed by atoms with Crippen molar-refractivity contribution in [1.29, 1.82) is 0 Å². The summed E-state index contributed by atoms with van der Waals surface area (Å²) in [6, 6.07) is 100. The summed E-state index contributed by atoms with van der Waals surface area (Å²) in [5, 5.41) is 6.91. The van der Waals surface area contributed by atoms with E-state index in [2.05, 4.69) is 289 Å². The molecule has 3 nitrogen and oxygen atoms in total. The quantitative estimate of drug-likeness (QED) is 0.136. The van der Waals surface area contributed by atoms with Crippen molar-refractivity contribution in [2.45, 2.75) is 0 Å². The molecule has 13 aromatic rings. The highest BCUT2D eigenvalue weighted by Gasteiger charge is 2.22. The molecule has 3 heteroatoms. The van der Waals surface area contributed by atoms with Gasteiger partial charge in [0, 0.05) is 44.6 Å². The number of hydrogen-bond donors (Lipinski definition) is 0. The Labute approximate surface area is 413 Å². The predicted molar refractivity (Wildman–Crippen MR) is 300 cm³/mol. The molecule has 12 aromatic carbocycles. The van der Waals surface area contributed by atoms with Crippen molar-refractivity contribution in [2.24, 2.45) is 0 Å². The topological polar surface area (TPSA) is 19.6 Å².